The Morgan fingerprint density at radius 3 is 1.51 bits per heavy atom. The van der Waals surface area contributed by atoms with E-state index in [2.05, 4.69) is 51.6 Å². The number of aliphatic hydroxyl groups excluding tert-OH is 2. The molecule has 4 aromatic heterocycles. The van der Waals surface area contributed by atoms with Crippen LogP contribution in [0.2, 0.25) is 0 Å². The van der Waals surface area contributed by atoms with E-state index in [-0.39, 0.29) is 13.2 Å². The maximum atomic E-state index is 10.3. The molecule has 0 aliphatic carbocycles. The monoisotopic (exact) mass is 680 g/mol. The SMILES string of the molecule is COc1cc(-c2nccc3c4ccccc4n(Cn4c5ccccc5c5ccnc(-c6cc(OC)c(OC)c(OC)c6)c54)c23)cc(CO)c1CO. The van der Waals surface area contributed by atoms with Crippen LogP contribution in [0.15, 0.2) is 97.3 Å². The van der Waals surface area contributed by atoms with Crippen molar-refractivity contribution in [1.29, 1.82) is 0 Å². The third kappa shape index (κ3) is 5.02. The second-order valence-electron chi connectivity index (χ2n) is 12.2. The molecule has 0 radical (unpaired) electrons. The first-order valence-electron chi connectivity index (χ1n) is 16.5. The third-order valence-electron chi connectivity index (χ3n) is 9.70. The number of nitrogens with zero attached hydrogens (tertiary/aromatic N) is 4. The van der Waals surface area contributed by atoms with Gasteiger partial charge >= 0.3 is 0 Å². The fourth-order valence-corrected chi connectivity index (χ4v) is 7.42. The van der Waals surface area contributed by atoms with Crippen molar-refractivity contribution in [3.05, 3.63) is 108 Å². The van der Waals surface area contributed by atoms with Gasteiger partial charge in [0.05, 0.1) is 75.1 Å². The predicted molar refractivity (Wildman–Crippen MR) is 199 cm³/mol. The van der Waals surface area contributed by atoms with E-state index in [9.17, 15) is 10.2 Å². The molecule has 0 amide bonds. The zero-order valence-corrected chi connectivity index (χ0v) is 28.7. The van der Waals surface area contributed by atoms with Gasteiger partial charge in [-0.05, 0) is 54.1 Å². The van der Waals surface area contributed by atoms with Crippen LogP contribution in [0, 0.1) is 0 Å². The highest BCUT2D eigenvalue weighted by Crippen LogP contribution is 2.44. The number of methoxy groups -OCH3 is 4. The van der Waals surface area contributed by atoms with Crippen LogP contribution >= 0.6 is 0 Å². The van der Waals surface area contributed by atoms with Crippen molar-refractivity contribution >= 4 is 43.6 Å². The third-order valence-corrected chi connectivity index (χ3v) is 9.70. The summed E-state index contributed by atoms with van der Waals surface area (Å²) >= 11 is 0. The van der Waals surface area contributed by atoms with E-state index in [1.54, 1.807) is 28.4 Å². The van der Waals surface area contributed by atoms with Crippen LogP contribution in [-0.2, 0) is 19.9 Å². The molecule has 0 fully saturated rings. The molecule has 0 unspecified atom stereocenters. The summed E-state index contributed by atoms with van der Waals surface area (Å²) in [7, 11) is 6.37. The molecule has 0 atom stereocenters. The Kier molecular flexibility index (Phi) is 8.18. The van der Waals surface area contributed by atoms with Gasteiger partial charge in [0.1, 0.15) is 12.4 Å². The zero-order valence-electron chi connectivity index (χ0n) is 28.7. The van der Waals surface area contributed by atoms with E-state index in [1.165, 1.54) is 0 Å². The Labute approximate surface area is 293 Å². The molecule has 4 aromatic carbocycles. The normalized spacial score (nSPS) is 11.6. The molecule has 256 valence electrons. The van der Waals surface area contributed by atoms with Crippen LogP contribution in [0.25, 0.3) is 66.1 Å². The van der Waals surface area contributed by atoms with Gasteiger partial charge in [0.2, 0.25) is 5.75 Å². The minimum Gasteiger partial charge on any atom is -0.496 e. The van der Waals surface area contributed by atoms with Crippen molar-refractivity contribution in [2.24, 2.45) is 0 Å². The number of para-hydroxylation sites is 2. The van der Waals surface area contributed by atoms with Gasteiger partial charge in [0.15, 0.2) is 11.5 Å². The molecule has 4 heterocycles. The van der Waals surface area contributed by atoms with Crippen molar-refractivity contribution in [1.82, 2.24) is 19.1 Å². The molecule has 10 nitrogen and oxygen atoms in total. The molecule has 0 bridgehead atoms. The Balaban J connectivity index is 1.44. The fourth-order valence-electron chi connectivity index (χ4n) is 7.42. The van der Waals surface area contributed by atoms with E-state index in [0.717, 1.165) is 66.1 Å². The zero-order chi connectivity index (χ0) is 35.2. The number of benzene rings is 4. The number of aliphatic hydroxyl groups is 2. The summed E-state index contributed by atoms with van der Waals surface area (Å²) in [6.45, 7) is -0.0843. The number of ether oxygens (including phenoxy) is 4. The molecule has 0 aliphatic heterocycles. The Morgan fingerprint density at radius 1 is 0.549 bits per heavy atom. The predicted octanol–water partition coefficient (Wildman–Crippen LogP) is 7.55. The van der Waals surface area contributed by atoms with Crippen LogP contribution in [0.1, 0.15) is 11.1 Å². The molecular weight excluding hydrogens is 644 g/mol. The summed E-state index contributed by atoms with van der Waals surface area (Å²) in [6.07, 6.45) is 3.65. The molecule has 8 aromatic rings. The number of rotatable bonds is 10. The smallest absolute Gasteiger partial charge is 0.203 e. The summed E-state index contributed by atoms with van der Waals surface area (Å²) in [5.74, 6) is 2.08. The van der Waals surface area contributed by atoms with Crippen molar-refractivity contribution in [2.75, 3.05) is 28.4 Å². The molecule has 0 spiro atoms. The van der Waals surface area contributed by atoms with E-state index < -0.39 is 0 Å². The molecule has 0 saturated heterocycles. The first kappa shape index (κ1) is 32.1. The fraction of sp³-hybridized carbons (Fsp3) is 0.171. The van der Waals surface area contributed by atoms with Gasteiger partial charge in [0.25, 0.3) is 0 Å². The topological polar surface area (TPSA) is 113 Å². The standard InChI is InChI=1S/C41H36N4O6/c1-48-34-18-24(17-26(21-46)31(34)22-47)37-39-29(13-15-42-37)27-9-5-7-11-32(27)44(39)23-45-33-12-8-6-10-28(33)30-14-16-43-38(40(30)45)25-19-35(49-2)41(51-4)36(20-25)50-3/h5-20,46-47H,21-23H2,1-4H3. The Hall–Kier alpha value is -6.10. The van der Waals surface area contributed by atoms with Gasteiger partial charge in [-0.3, -0.25) is 9.97 Å². The van der Waals surface area contributed by atoms with Gasteiger partial charge in [-0.25, -0.2) is 0 Å². The maximum Gasteiger partial charge on any atom is 0.203 e. The van der Waals surface area contributed by atoms with Crippen LogP contribution in [0.5, 0.6) is 23.0 Å². The summed E-state index contributed by atoms with van der Waals surface area (Å²) in [5.41, 5.74) is 8.15. The Bertz CT molecular complexity index is 2380. The summed E-state index contributed by atoms with van der Waals surface area (Å²) in [5, 5.41) is 24.7. The number of hydrogen-bond donors (Lipinski definition) is 2. The number of aromatic nitrogens is 4. The minimum absolute atomic E-state index is 0.253. The summed E-state index contributed by atoms with van der Waals surface area (Å²) < 4.78 is 27.4. The lowest BCUT2D eigenvalue weighted by Gasteiger charge is -2.17. The van der Waals surface area contributed by atoms with Crippen molar-refractivity contribution in [3.8, 4) is 45.5 Å². The second-order valence-corrected chi connectivity index (χ2v) is 12.2. The molecule has 0 aliphatic rings. The van der Waals surface area contributed by atoms with Crippen LogP contribution in [0.3, 0.4) is 0 Å². The number of hydrogen-bond acceptors (Lipinski definition) is 8. The first-order chi connectivity index (χ1) is 25.0. The first-order valence-corrected chi connectivity index (χ1v) is 16.5. The van der Waals surface area contributed by atoms with Crippen molar-refractivity contribution < 1.29 is 29.2 Å². The van der Waals surface area contributed by atoms with Crippen LogP contribution in [-0.4, -0.2) is 57.8 Å². The van der Waals surface area contributed by atoms with Gasteiger partial charge in [-0.2, -0.15) is 0 Å². The van der Waals surface area contributed by atoms with Crippen LogP contribution < -0.4 is 18.9 Å². The Morgan fingerprint density at radius 2 is 1.04 bits per heavy atom. The van der Waals surface area contributed by atoms with Crippen LogP contribution in [0.4, 0.5) is 0 Å². The van der Waals surface area contributed by atoms with Crippen molar-refractivity contribution in [3.63, 3.8) is 0 Å². The largest absolute Gasteiger partial charge is 0.496 e. The lowest BCUT2D eigenvalue weighted by atomic mass is 10.00. The van der Waals surface area contributed by atoms with Gasteiger partial charge in [-0.1, -0.05) is 36.4 Å². The van der Waals surface area contributed by atoms with E-state index in [4.69, 9.17) is 28.9 Å². The molecule has 10 heteroatoms. The lowest BCUT2D eigenvalue weighted by Crippen LogP contribution is -2.09. The van der Waals surface area contributed by atoms with E-state index in [0.29, 0.717) is 40.8 Å². The average Bonchev–Trinajstić information content (AvgIpc) is 3.69. The lowest BCUT2D eigenvalue weighted by molar-refractivity contribution is 0.254. The molecule has 51 heavy (non-hydrogen) atoms. The highest BCUT2D eigenvalue weighted by Gasteiger charge is 2.23. The molecular formula is C41H36N4O6. The summed E-state index contributed by atoms with van der Waals surface area (Å²) in [6, 6.07) is 28.4. The molecule has 8 rings (SSSR count). The number of fused-ring (bicyclic) bond motifs is 6. The number of pyridine rings is 2. The van der Waals surface area contributed by atoms with Crippen molar-refractivity contribution in [2.45, 2.75) is 19.9 Å². The summed E-state index contributed by atoms with van der Waals surface area (Å²) in [4.78, 5) is 9.89. The van der Waals surface area contributed by atoms with E-state index >= 15 is 0 Å². The maximum absolute atomic E-state index is 10.3. The quantitative estimate of drug-likeness (QED) is 0.152. The highest BCUT2D eigenvalue weighted by atomic mass is 16.5. The second kappa shape index (κ2) is 13.0. The van der Waals surface area contributed by atoms with Gasteiger partial charge < -0.3 is 38.3 Å². The molecule has 2 N–H and O–H groups in total. The van der Waals surface area contributed by atoms with Gasteiger partial charge in [0, 0.05) is 50.6 Å². The molecule has 0 saturated carbocycles. The minimum atomic E-state index is -0.257. The average molecular weight is 681 g/mol. The van der Waals surface area contributed by atoms with E-state index in [1.807, 2.05) is 54.9 Å². The highest BCUT2D eigenvalue weighted by molar-refractivity contribution is 6.13. The van der Waals surface area contributed by atoms with Gasteiger partial charge in [-0.15, -0.1) is 0 Å².